The molecule has 0 saturated carbocycles. The summed E-state index contributed by atoms with van der Waals surface area (Å²) in [6.07, 6.45) is 1.13. The minimum atomic E-state index is 0.413. The molecule has 1 unspecified atom stereocenters. The molecule has 0 aromatic heterocycles. The van der Waals surface area contributed by atoms with Gasteiger partial charge in [0.25, 0.3) is 0 Å². The molecule has 1 aromatic rings. The summed E-state index contributed by atoms with van der Waals surface area (Å²) in [7, 11) is 2.03. The summed E-state index contributed by atoms with van der Waals surface area (Å²) in [4.78, 5) is 2.46. The van der Waals surface area contributed by atoms with E-state index in [1.807, 2.05) is 14.0 Å². The fourth-order valence-corrected chi connectivity index (χ4v) is 2.29. The molecule has 0 aliphatic carbocycles. The van der Waals surface area contributed by atoms with Crippen LogP contribution in [0, 0.1) is 0 Å². The highest BCUT2D eigenvalue weighted by Gasteiger charge is 2.10. The summed E-state index contributed by atoms with van der Waals surface area (Å²) < 4.78 is 5.48. The van der Waals surface area contributed by atoms with Gasteiger partial charge in [0.05, 0.1) is 6.61 Å². The first-order valence-corrected chi connectivity index (χ1v) is 7.37. The van der Waals surface area contributed by atoms with Gasteiger partial charge in [-0.1, -0.05) is 26.0 Å². The Labute approximate surface area is 118 Å². The third-order valence-corrected chi connectivity index (χ3v) is 3.57. The van der Waals surface area contributed by atoms with Crippen molar-refractivity contribution in [2.45, 2.75) is 33.2 Å². The Kier molecular flexibility index (Phi) is 7.53. The minimum absolute atomic E-state index is 0.413. The highest BCUT2D eigenvalue weighted by Crippen LogP contribution is 2.20. The molecule has 1 aromatic carbocycles. The molecule has 0 heterocycles. The molecule has 1 atom stereocenters. The molecule has 0 bridgehead atoms. The van der Waals surface area contributed by atoms with Crippen molar-refractivity contribution in [3.05, 3.63) is 29.8 Å². The average Bonchev–Trinajstić information content (AvgIpc) is 2.45. The van der Waals surface area contributed by atoms with Gasteiger partial charge in [0.1, 0.15) is 5.75 Å². The van der Waals surface area contributed by atoms with Crippen molar-refractivity contribution in [2.24, 2.45) is 0 Å². The first kappa shape index (κ1) is 16.0. The monoisotopic (exact) mass is 264 g/mol. The Morgan fingerprint density at radius 2 is 1.74 bits per heavy atom. The zero-order chi connectivity index (χ0) is 14.1. The van der Waals surface area contributed by atoms with Gasteiger partial charge in [0, 0.05) is 6.04 Å². The van der Waals surface area contributed by atoms with E-state index in [-0.39, 0.29) is 0 Å². The summed E-state index contributed by atoms with van der Waals surface area (Å²) in [5.74, 6) is 0.949. The van der Waals surface area contributed by atoms with Crippen LogP contribution in [0.15, 0.2) is 24.3 Å². The molecule has 1 N–H and O–H groups in total. The fraction of sp³-hybridized carbons (Fsp3) is 0.625. The van der Waals surface area contributed by atoms with Crippen LogP contribution in [0.5, 0.6) is 5.75 Å². The Morgan fingerprint density at radius 3 is 2.21 bits per heavy atom. The van der Waals surface area contributed by atoms with E-state index in [1.54, 1.807) is 0 Å². The summed E-state index contributed by atoms with van der Waals surface area (Å²) in [6.45, 7) is 10.5. The second-order valence-electron chi connectivity index (χ2n) is 4.66. The molecule has 0 fully saturated rings. The van der Waals surface area contributed by atoms with Crippen molar-refractivity contribution >= 4 is 0 Å². The lowest BCUT2D eigenvalue weighted by molar-refractivity contribution is 0.284. The lowest BCUT2D eigenvalue weighted by atomic mass is 10.0. The highest BCUT2D eigenvalue weighted by atomic mass is 16.5. The van der Waals surface area contributed by atoms with Crippen LogP contribution in [0.3, 0.4) is 0 Å². The van der Waals surface area contributed by atoms with Gasteiger partial charge >= 0.3 is 0 Å². The lowest BCUT2D eigenvalue weighted by Gasteiger charge is -2.23. The molecule has 1 rings (SSSR count). The van der Waals surface area contributed by atoms with E-state index in [1.165, 1.54) is 5.56 Å². The Hall–Kier alpha value is -1.06. The summed E-state index contributed by atoms with van der Waals surface area (Å²) in [5.41, 5.74) is 1.33. The Bertz CT molecular complexity index is 333. The van der Waals surface area contributed by atoms with E-state index in [9.17, 15) is 0 Å². The molecule has 0 saturated heterocycles. The number of hydrogen-bond acceptors (Lipinski definition) is 3. The molecule has 108 valence electrons. The van der Waals surface area contributed by atoms with E-state index in [0.717, 1.165) is 38.4 Å². The molecule has 0 amide bonds. The highest BCUT2D eigenvalue weighted by molar-refractivity contribution is 5.29. The van der Waals surface area contributed by atoms with E-state index in [4.69, 9.17) is 4.74 Å². The minimum Gasteiger partial charge on any atom is -0.494 e. The van der Waals surface area contributed by atoms with Gasteiger partial charge in [-0.05, 0) is 57.7 Å². The molecule has 0 aliphatic heterocycles. The van der Waals surface area contributed by atoms with E-state index >= 15 is 0 Å². The zero-order valence-corrected chi connectivity index (χ0v) is 12.8. The van der Waals surface area contributed by atoms with Gasteiger partial charge in [-0.15, -0.1) is 0 Å². The molecule has 0 spiro atoms. The number of rotatable bonds is 9. The van der Waals surface area contributed by atoms with Crippen LogP contribution in [0.4, 0.5) is 0 Å². The van der Waals surface area contributed by atoms with Crippen LogP contribution >= 0.6 is 0 Å². The van der Waals surface area contributed by atoms with Crippen LogP contribution in [-0.4, -0.2) is 38.2 Å². The van der Waals surface area contributed by atoms with Crippen molar-refractivity contribution in [2.75, 3.05) is 33.3 Å². The summed E-state index contributed by atoms with van der Waals surface area (Å²) in [5, 5.41) is 3.41. The second kappa shape index (κ2) is 8.94. The molecule has 0 aliphatic rings. The standard InChI is InChI=1S/C16H28N2O/c1-5-18(6-2)13-12-16(17-4)14-8-10-15(11-9-14)19-7-3/h8-11,16-17H,5-7,12-13H2,1-4H3. The van der Waals surface area contributed by atoms with Gasteiger partial charge in [-0.2, -0.15) is 0 Å². The van der Waals surface area contributed by atoms with E-state index in [2.05, 4.69) is 48.3 Å². The normalized spacial score (nSPS) is 12.7. The number of hydrogen-bond donors (Lipinski definition) is 1. The quantitative estimate of drug-likeness (QED) is 0.742. The molecule has 0 radical (unpaired) electrons. The van der Waals surface area contributed by atoms with Crippen LogP contribution < -0.4 is 10.1 Å². The second-order valence-corrected chi connectivity index (χ2v) is 4.66. The van der Waals surface area contributed by atoms with Crippen molar-refractivity contribution in [1.29, 1.82) is 0 Å². The van der Waals surface area contributed by atoms with Crippen molar-refractivity contribution < 1.29 is 4.74 Å². The van der Waals surface area contributed by atoms with Gasteiger partial charge in [0.15, 0.2) is 0 Å². The maximum absolute atomic E-state index is 5.48. The van der Waals surface area contributed by atoms with E-state index < -0.39 is 0 Å². The van der Waals surface area contributed by atoms with Crippen LogP contribution in [0.1, 0.15) is 38.8 Å². The predicted molar refractivity (Wildman–Crippen MR) is 81.8 cm³/mol. The Balaban J connectivity index is 2.58. The third-order valence-electron chi connectivity index (χ3n) is 3.57. The smallest absolute Gasteiger partial charge is 0.119 e. The summed E-state index contributed by atoms with van der Waals surface area (Å²) in [6, 6.07) is 8.85. The van der Waals surface area contributed by atoms with Gasteiger partial charge in [0.2, 0.25) is 0 Å². The topological polar surface area (TPSA) is 24.5 Å². The lowest BCUT2D eigenvalue weighted by Crippen LogP contribution is -2.28. The molecule has 19 heavy (non-hydrogen) atoms. The van der Waals surface area contributed by atoms with Gasteiger partial charge < -0.3 is 15.0 Å². The van der Waals surface area contributed by atoms with Crippen molar-refractivity contribution in [1.82, 2.24) is 10.2 Å². The SMILES string of the molecule is CCOc1ccc(C(CCN(CC)CC)NC)cc1. The average molecular weight is 264 g/mol. The van der Waals surface area contributed by atoms with Crippen LogP contribution in [0.2, 0.25) is 0 Å². The maximum atomic E-state index is 5.48. The summed E-state index contributed by atoms with van der Waals surface area (Å²) >= 11 is 0. The Morgan fingerprint density at radius 1 is 1.11 bits per heavy atom. The number of nitrogens with zero attached hydrogens (tertiary/aromatic N) is 1. The molecular formula is C16H28N2O. The van der Waals surface area contributed by atoms with E-state index in [0.29, 0.717) is 6.04 Å². The van der Waals surface area contributed by atoms with Gasteiger partial charge in [-0.3, -0.25) is 0 Å². The van der Waals surface area contributed by atoms with Crippen LogP contribution in [-0.2, 0) is 0 Å². The molecular weight excluding hydrogens is 236 g/mol. The largest absolute Gasteiger partial charge is 0.494 e. The fourth-order valence-electron chi connectivity index (χ4n) is 2.29. The molecule has 3 nitrogen and oxygen atoms in total. The first-order valence-electron chi connectivity index (χ1n) is 7.37. The van der Waals surface area contributed by atoms with Crippen molar-refractivity contribution in [3.63, 3.8) is 0 Å². The number of ether oxygens (including phenoxy) is 1. The molecule has 3 heteroatoms. The van der Waals surface area contributed by atoms with Crippen LogP contribution in [0.25, 0.3) is 0 Å². The zero-order valence-electron chi connectivity index (χ0n) is 12.8. The van der Waals surface area contributed by atoms with Gasteiger partial charge in [-0.25, -0.2) is 0 Å². The van der Waals surface area contributed by atoms with Crippen molar-refractivity contribution in [3.8, 4) is 5.75 Å². The number of benzene rings is 1. The first-order chi connectivity index (χ1) is 9.24. The third kappa shape index (κ3) is 5.21. The number of nitrogens with one attached hydrogen (secondary N) is 1. The maximum Gasteiger partial charge on any atom is 0.119 e. The predicted octanol–water partition coefficient (Wildman–Crippen LogP) is 3.08.